The van der Waals surface area contributed by atoms with Crippen LogP contribution in [0, 0.1) is 6.92 Å². The van der Waals surface area contributed by atoms with E-state index >= 15 is 0 Å². The zero-order valence-corrected chi connectivity index (χ0v) is 8.15. The van der Waals surface area contributed by atoms with Gasteiger partial charge in [-0.25, -0.2) is 4.79 Å². The van der Waals surface area contributed by atoms with E-state index in [2.05, 4.69) is 5.32 Å². The third kappa shape index (κ3) is 1.36. The van der Waals surface area contributed by atoms with Crippen molar-refractivity contribution in [3.8, 4) is 0 Å². The first-order valence-corrected chi connectivity index (χ1v) is 5.13. The van der Waals surface area contributed by atoms with Crippen LogP contribution in [0.3, 0.4) is 0 Å². The van der Waals surface area contributed by atoms with Crippen molar-refractivity contribution in [2.24, 2.45) is 0 Å². The van der Waals surface area contributed by atoms with Gasteiger partial charge in [-0.05, 0) is 36.4 Å². The van der Waals surface area contributed by atoms with Crippen molar-refractivity contribution in [2.45, 2.75) is 19.4 Å². The van der Waals surface area contributed by atoms with Gasteiger partial charge in [0.05, 0.1) is 0 Å². The van der Waals surface area contributed by atoms with E-state index in [0.29, 0.717) is 10.9 Å². The molecule has 0 bridgehead atoms. The van der Waals surface area contributed by atoms with E-state index in [4.69, 9.17) is 5.11 Å². The number of hydrogen-bond donors (Lipinski definition) is 2. The first-order chi connectivity index (χ1) is 6.20. The summed E-state index contributed by atoms with van der Waals surface area (Å²) in [7, 11) is 0. The quantitative estimate of drug-likeness (QED) is 0.760. The maximum absolute atomic E-state index is 10.8. The second-order valence-electron chi connectivity index (χ2n) is 3.25. The van der Waals surface area contributed by atoms with E-state index in [1.807, 2.05) is 12.3 Å². The summed E-state index contributed by atoms with van der Waals surface area (Å²) in [5.41, 5.74) is 2.09. The van der Waals surface area contributed by atoms with Gasteiger partial charge in [-0.2, -0.15) is 0 Å². The number of carboxylic acids is 1. The summed E-state index contributed by atoms with van der Waals surface area (Å²) in [6.45, 7) is 2.93. The molecule has 2 N–H and O–H groups in total. The molecule has 2 rings (SSSR count). The van der Waals surface area contributed by atoms with Crippen LogP contribution in [-0.4, -0.2) is 17.6 Å². The number of hydrogen-bond acceptors (Lipinski definition) is 3. The van der Waals surface area contributed by atoms with Crippen LogP contribution in [0.1, 0.15) is 33.3 Å². The van der Waals surface area contributed by atoms with Crippen LogP contribution < -0.4 is 5.32 Å². The number of thiophene rings is 1. The van der Waals surface area contributed by atoms with E-state index < -0.39 is 5.97 Å². The summed E-state index contributed by atoms with van der Waals surface area (Å²) in [5.74, 6) is -0.812. The topological polar surface area (TPSA) is 49.3 Å². The Morgan fingerprint density at radius 1 is 1.77 bits per heavy atom. The first kappa shape index (κ1) is 8.72. The highest BCUT2D eigenvalue weighted by molar-refractivity contribution is 7.12. The average Bonchev–Trinajstić information content (AvgIpc) is 2.29. The van der Waals surface area contributed by atoms with Crippen LogP contribution in [-0.2, 0) is 0 Å². The van der Waals surface area contributed by atoms with Gasteiger partial charge in [-0.3, -0.25) is 0 Å². The molecular weight excluding hydrogens is 186 g/mol. The van der Waals surface area contributed by atoms with Gasteiger partial charge in [0.15, 0.2) is 0 Å². The van der Waals surface area contributed by atoms with Gasteiger partial charge < -0.3 is 10.4 Å². The Morgan fingerprint density at radius 3 is 2.85 bits per heavy atom. The molecule has 0 amide bonds. The molecule has 3 nitrogen and oxygen atoms in total. The van der Waals surface area contributed by atoms with Gasteiger partial charge >= 0.3 is 5.97 Å². The van der Waals surface area contributed by atoms with Gasteiger partial charge in [0.25, 0.3) is 0 Å². The third-order valence-electron chi connectivity index (χ3n) is 2.47. The lowest BCUT2D eigenvalue weighted by Gasteiger charge is -2.27. The number of nitrogens with one attached hydrogen (secondary N) is 1. The van der Waals surface area contributed by atoms with Crippen LogP contribution in [0.5, 0.6) is 0 Å². The largest absolute Gasteiger partial charge is 0.477 e. The first-order valence-electron chi connectivity index (χ1n) is 4.25. The lowest BCUT2D eigenvalue weighted by atomic mass is 9.97. The van der Waals surface area contributed by atoms with Crippen molar-refractivity contribution in [1.29, 1.82) is 0 Å². The molecule has 4 heteroatoms. The number of carboxylic acid groups (broad SMARTS) is 1. The van der Waals surface area contributed by atoms with Crippen LogP contribution in [0.2, 0.25) is 0 Å². The van der Waals surface area contributed by atoms with Crippen LogP contribution in [0.4, 0.5) is 0 Å². The van der Waals surface area contributed by atoms with Gasteiger partial charge in [0, 0.05) is 6.04 Å². The Hall–Kier alpha value is -0.870. The van der Waals surface area contributed by atoms with Crippen molar-refractivity contribution in [1.82, 2.24) is 5.32 Å². The molecule has 0 saturated carbocycles. The molecular formula is C9H11NO2S. The summed E-state index contributed by atoms with van der Waals surface area (Å²) in [4.78, 5) is 11.2. The summed E-state index contributed by atoms with van der Waals surface area (Å²) in [5, 5.41) is 14.1. The monoisotopic (exact) mass is 197 g/mol. The molecule has 1 aromatic rings. The van der Waals surface area contributed by atoms with E-state index in [9.17, 15) is 4.79 Å². The maximum Gasteiger partial charge on any atom is 0.346 e. The normalized spacial score (nSPS) is 21.2. The third-order valence-corrected chi connectivity index (χ3v) is 3.56. The summed E-state index contributed by atoms with van der Waals surface area (Å²) in [6.07, 6.45) is 1.12. The number of carbonyl (C=O) groups is 1. The highest BCUT2D eigenvalue weighted by Gasteiger charge is 2.24. The molecule has 1 unspecified atom stereocenters. The summed E-state index contributed by atoms with van der Waals surface area (Å²) in [6, 6.07) is 0.393. The minimum atomic E-state index is -0.812. The number of aromatic carboxylic acids is 1. The molecule has 1 fully saturated rings. The standard InChI is InChI=1S/C9H11NO2S/c1-5-6(7-2-3-10-7)4-13-8(5)9(11)12/h4,7,10H,2-3H2,1H3,(H,11,12). The molecule has 1 atom stereocenters. The molecule has 1 aromatic heterocycles. The fourth-order valence-electron chi connectivity index (χ4n) is 1.54. The smallest absolute Gasteiger partial charge is 0.346 e. The molecule has 13 heavy (non-hydrogen) atoms. The SMILES string of the molecule is Cc1c(C2CCN2)csc1C(=O)O. The Bertz CT molecular complexity index is 341. The Kier molecular flexibility index (Phi) is 2.09. The highest BCUT2D eigenvalue weighted by Crippen LogP contribution is 2.31. The second kappa shape index (κ2) is 3.12. The fraction of sp³-hybridized carbons (Fsp3) is 0.444. The van der Waals surface area contributed by atoms with E-state index in [0.717, 1.165) is 24.1 Å². The van der Waals surface area contributed by atoms with Crippen molar-refractivity contribution in [3.05, 3.63) is 21.4 Å². The minimum Gasteiger partial charge on any atom is -0.477 e. The molecule has 1 aliphatic heterocycles. The molecule has 1 saturated heterocycles. The lowest BCUT2D eigenvalue weighted by Crippen LogP contribution is -2.35. The van der Waals surface area contributed by atoms with Crippen molar-refractivity contribution < 1.29 is 9.90 Å². The molecule has 0 aromatic carbocycles. The molecule has 0 radical (unpaired) electrons. The fourth-order valence-corrected chi connectivity index (χ4v) is 2.52. The predicted octanol–water partition coefficient (Wildman–Crippen LogP) is 1.79. The predicted molar refractivity (Wildman–Crippen MR) is 51.4 cm³/mol. The van der Waals surface area contributed by atoms with Crippen LogP contribution in [0.25, 0.3) is 0 Å². The van der Waals surface area contributed by atoms with Gasteiger partial charge in [0.2, 0.25) is 0 Å². The lowest BCUT2D eigenvalue weighted by molar-refractivity contribution is 0.0701. The van der Waals surface area contributed by atoms with Crippen molar-refractivity contribution in [2.75, 3.05) is 6.54 Å². The minimum absolute atomic E-state index is 0.393. The summed E-state index contributed by atoms with van der Waals surface area (Å²) >= 11 is 1.32. The summed E-state index contributed by atoms with van der Waals surface area (Å²) < 4.78 is 0. The molecule has 1 aliphatic rings. The van der Waals surface area contributed by atoms with Gasteiger partial charge in [0.1, 0.15) is 4.88 Å². The van der Waals surface area contributed by atoms with Crippen molar-refractivity contribution >= 4 is 17.3 Å². The highest BCUT2D eigenvalue weighted by atomic mass is 32.1. The molecule has 2 heterocycles. The van der Waals surface area contributed by atoms with E-state index in [1.165, 1.54) is 11.3 Å². The van der Waals surface area contributed by atoms with Crippen LogP contribution in [0.15, 0.2) is 5.38 Å². The molecule has 70 valence electrons. The van der Waals surface area contributed by atoms with E-state index in [-0.39, 0.29) is 0 Å². The Labute approximate surface area is 80.4 Å². The van der Waals surface area contributed by atoms with Gasteiger partial charge in [-0.15, -0.1) is 11.3 Å². The zero-order chi connectivity index (χ0) is 9.42. The zero-order valence-electron chi connectivity index (χ0n) is 7.33. The molecule has 0 spiro atoms. The average molecular weight is 197 g/mol. The second-order valence-corrected chi connectivity index (χ2v) is 4.13. The van der Waals surface area contributed by atoms with Gasteiger partial charge in [-0.1, -0.05) is 0 Å². The van der Waals surface area contributed by atoms with Crippen LogP contribution >= 0.6 is 11.3 Å². The molecule has 0 aliphatic carbocycles. The Morgan fingerprint density at radius 2 is 2.46 bits per heavy atom. The van der Waals surface area contributed by atoms with E-state index in [1.54, 1.807) is 0 Å². The Balaban J connectivity index is 2.32. The van der Waals surface area contributed by atoms with Crippen molar-refractivity contribution in [3.63, 3.8) is 0 Å². The number of rotatable bonds is 2. The maximum atomic E-state index is 10.8.